The maximum Gasteiger partial charge on any atom is 0.394 e. The van der Waals surface area contributed by atoms with Crippen LogP contribution in [0, 0.1) is 5.41 Å². The molecule has 3 aromatic heterocycles. The molecule has 11 nitrogen and oxygen atoms in total. The maximum absolute atomic E-state index is 13.5. The highest BCUT2D eigenvalue weighted by molar-refractivity contribution is 7.90. The molecule has 230 valence electrons. The lowest BCUT2D eigenvalue weighted by Crippen LogP contribution is -2.45. The molecule has 2 aliphatic heterocycles. The molecule has 2 fully saturated rings. The van der Waals surface area contributed by atoms with Gasteiger partial charge in [-0.1, -0.05) is 6.07 Å². The number of ether oxygens (including phenoxy) is 1. The summed E-state index contributed by atoms with van der Waals surface area (Å²) in [7, 11) is -4.29. The van der Waals surface area contributed by atoms with Crippen molar-refractivity contribution in [2.75, 3.05) is 23.4 Å². The number of hydrogen-bond acceptors (Lipinski definition) is 9. The van der Waals surface area contributed by atoms with E-state index in [1.54, 1.807) is 18.3 Å². The number of pyridine rings is 2. The van der Waals surface area contributed by atoms with Crippen LogP contribution in [0.25, 0.3) is 5.82 Å². The summed E-state index contributed by atoms with van der Waals surface area (Å²) >= 11 is 0. The molecule has 15 heteroatoms. The molecule has 2 bridgehead atoms. The van der Waals surface area contributed by atoms with Crippen LogP contribution in [0.1, 0.15) is 62.7 Å². The first-order chi connectivity index (χ1) is 20.3. The van der Waals surface area contributed by atoms with Gasteiger partial charge in [-0.05, 0) is 76.6 Å². The Balaban J connectivity index is 1.32. The minimum absolute atomic E-state index is 0.0164. The second-order valence-corrected chi connectivity index (χ2v) is 13.5. The number of fused-ring (bicyclic) bond motifs is 5. The topological polar surface area (TPSA) is 131 Å². The Bertz CT molecular complexity index is 1650. The van der Waals surface area contributed by atoms with E-state index in [2.05, 4.69) is 25.0 Å². The Kier molecular flexibility index (Phi) is 7.05. The summed E-state index contributed by atoms with van der Waals surface area (Å²) in [6, 6.07) is 9.09. The van der Waals surface area contributed by atoms with E-state index in [0.717, 1.165) is 12.8 Å². The number of alkyl halides is 3. The number of amides is 1. The zero-order chi connectivity index (χ0) is 30.6. The van der Waals surface area contributed by atoms with Gasteiger partial charge in [-0.3, -0.25) is 4.79 Å². The number of nitrogens with zero attached hydrogens (tertiary/aromatic N) is 5. The number of sulfonamides is 1. The van der Waals surface area contributed by atoms with E-state index in [1.165, 1.54) is 28.9 Å². The van der Waals surface area contributed by atoms with E-state index >= 15 is 0 Å². The van der Waals surface area contributed by atoms with Gasteiger partial charge in [0.2, 0.25) is 5.88 Å². The number of hydrogen-bond donors (Lipinski definition) is 2. The van der Waals surface area contributed by atoms with Crippen molar-refractivity contribution in [2.45, 2.75) is 75.2 Å². The number of carbonyl (C=O) groups excluding carboxylic acids is 1. The number of carbonyl (C=O) groups is 1. The number of halogens is 3. The van der Waals surface area contributed by atoms with Gasteiger partial charge < -0.3 is 15.0 Å². The van der Waals surface area contributed by atoms with Gasteiger partial charge in [-0.25, -0.2) is 19.4 Å². The molecule has 3 aliphatic rings. The molecule has 0 radical (unpaired) electrons. The van der Waals surface area contributed by atoms with Crippen molar-refractivity contribution < 1.29 is 31.1 Å². The molecular weight excluding hydrogens is 587 g/mol. The Morgan fingerprint density at radius 1 is 1.07 bits per heavy atom. The lowest BCUT2D eigenvalue weighted by Gasteiger charge is -2.38. The van der Waals surface area contributed by atoms with E-state index in [1.807, 2.05) is 13.8 Å². The van der Waals surface area contributed by atoms with Crippen LogP contribution in [0.5, 0.6) is 5.88 Å². The summed E-state index contributed by atoms with van der Waals surface area (Å²) in [6.07, 6.45) is -0.295. The number of rotatable bonds is 5. The highest BCUT2D eigenvalue weighted by Crippen LogP contribution is 2.59. The SMILES string of the molecule is CC1(C)CC[C@H]2CCNc3cccc(n3)S(=O)(=O)NC(=O)c3ccc(-n4ccc(OCCC5(C(F)(F)F)CC5)n4)nc3N21. The van der Waals surface area contributed by atoms with Gasteiger partial charge in [-0.2, -0.15) is 21.6 Å². The smallest absolute Gasteiger partial charge is 0.394 e. The van der Waals surface area contributed by atoms with E-state index in [0.29, 0.717) is 30.4 Å². The summed E-state index contributed by atoms with van der Waals surface area (Å²) in [5, 5.41) is 7.24. The zero-order valence-electron chi connectivity index (χ0n) is 23.7. The van der Waals surface area contributed by atoms with Crippen molar-refractivity contribution in [2.24, 2.45) is 5.41 Å². The fourth-order valence-corrected chi connectivity index (χ4v) is 6.81. The third-order valence-electron chi connectivity index (χ3n) is 8.53. The predicted octanol–water partition coefficient (Wildman–Crippen LogP) is 4.46. The molecule has 1 amide bonds. The number of nitrogens with one attached hydrogen (secondary N) is 2. The fourth-order valence-electron chi connectivity index (χ4n) is 5.87. The maximum atomic E-state index is 13.5. The monoisotopic (exact) mass is 619 g/mol. The minimum Gasteiger partial charge on any atom is -0.477 e. The first-order valence-corrected chi connectivity index (χ1v) is 15.6. The van der Waals surface area contributed by atoms with Crippen molar-refractivity contribution in [1.82, 2.24) is 24.5 Å². The van der Waals surface area contributed by atoms with Crippen molar-refractivity contribution in [3.05, 3.63) is 48.2 Å². The fraction of sp³-hybridized carbons (Fsp3) is 0.500. The second-order valence-electron chi connectivity index (χ2n) is 11.9. The third kappa shape index (κ3) is 5.61. The summed E-state index contributed by atoms with van der Waals surface area (Å²) in [4.78, 5) is 24.6. The van der Waals surface area contributed by atoms with Crippen LogP contribution < -0.4 is 19.7 Å². The molecule has 1 aliphatic carbocycles. The van der Waals surface area contributed by atoms with Gasteiger partial charge in [0.1, 0.15) is 11.6 Å². The average molecular weight is 620 g/mol. The first-order valence-electron chi connectivity index (χ1n) is 14.1. The summed E-state index contributed by atoms with van der Waals surface area (Å²) in [6.45, 7) is 4.48. The van der Waals surface area contributed by atoms with Gasteiger partial charge in [0.25, 0.3) is 15.9 Å². The highest BCUT2D eigenvalue weighted by atomic mass is 32.2. The molecular formula is C28H32F3N7O4S. The molecule has 2 N–H and O–H groups in total. The number of anilines is 2. The predicted molar refractivity (Wildman–Crippen MR) is 151 cm³/mol. The molecule has 1 saturated carbocycles. The van der Waals surface area contributed by atoms with E-state index in [-0.39, 0.29) is 48.4 Å². The lowest BCUT2D eigenvalue weighted by molar-refractivity contribution is -0.190. The van der Waals surface area contributed by atoms with E-state index < -0.39 is 33.1 Å². The second kappa shape index (κ2) is 10.4. The van der Waals surface area contributed by atoms with Crippen LogP contribution in [-0.2, 0) is 10.0 Å². The number of aromatic nitrogens is 4. The van der Waals surface area contributed by atoms with Gasteiger partial charge in [0, 0.05) is 30.4 Å². The van der Waals surface area contributed by atoms with Crippen LogP contribution in [-0.4, -0.2) is 65.0 Å². The zero-order valence-corrected chi connectivity index (χ0v) is 24.5. The largest absolute Gasteiger partial charge is 0.477 e. The van der Waals surface area contributed by atoms with Gasteiger partial charge in [0.05, 0.1) is 17.6 Å². The van der Waals surface area contributed by atoms with E-state index in [9.17, 15) is 26.4 Å². The van der Waals surface area contributed by atoms with Crippen molar-refractivity contribution in [3.8, 4) is 11.7 Å². The molecule has 43 heavy (non-hydrogen) atoms. The van der Waals surface area contributed by atoms with Crippen LogP contribution in [0.2, 0.25) is 0 Å². The summed E-state index contributed by atoms with van der Waals surface area (Å²) < 4.78 is 75.1. The Hall–Kier alpha value is -3.88. The molecule has 0 unspecified atom stereocenters. The summed E-state index contributed by atoms with van der Waals surface area (Å²) in [5.41, 5.74) is -2.00. The van der Waals surface area contributed by atoms with Crippen molar-refractivity contribution in [1.29, 1.82) is 0 Å². The molecule has 6 rings (SSSR count). The van der Waals surface area contributed by atoms with Crippen LogP contribution >= 0.6 is 0 Å². The lowest BCUT2D eigenvalue weighted by atomic mass is 10.0. The van der Waals surface area contributed by atoms with Crippen LogP contribution in [0.15, 0.2) is 47.6 Å². The minimum atomic E-state index is -4.29. The normalized spacial score (nSPS) is 22.1. The molecule has 3 aromatic rings. The molecule has 5 heterocycles. The Labute approximate surface area is 246 Å². The average Bonchev–Trinajstić information content (AvgIpc) is 3.49. The van der Waals surface area contributed by atoms with Gasteiger partial charge >= 0.3 is 6.18 Å². The van der Waals surface area contributed by atoms with E-state index in [4.69, 9.17) is 9.72 Å². The summed E-state index contributed by atoms with van der Waals surface area (Å²) in [5.74, 6) is 0.315. The van der Waals surface area contributed by atoms with Crippen LogP contribution in [0.4, 0.5) is 24.8 Å². The first kappa shape index (κ1) is 29.2. The Morgan fingerprint density at radius 3 is 2.60 bits per heavy atom. The van der Waals surface area contributed by atoms with Crippen molar-refractivity contribution in [3.63, 3.8) is 0 Å². The van der Waals surface area contributed by atoms with Crippen LogP contribution in [0.3, 0.4) is 0 Å². The third-order valence-corrected chi connectivity index (χ3v) is 9.77. The molecule has 0 aromatic carbocycles. The highest BCUT2D eigenvalue weighted by Gasteiger charge is 2.62. The Morgan fingerprint density at radius 2 is 1.86 bits per heavy atom. The standard InChI is InChI=1S/C28H32F3N7O4S/c1-26(2)11-8-18-9-15-32-20-4-3-5-23(33-20)43(40,41)36-25(39)19-6-7-21(34-24(19)38(18)26)37-16-10-22(35-37)42-17-14-27(12-13-27)28(29,30)31/h3-7,10,16,18H,8-9,11-15,17H2,1-2H3,(H,32,33)(H,36,39)/t18-/m0/s1. The van der Waals surface area contributed by atoms with Gasteiger partial charge in [0.15, 0.2) is 10.8 Å². The molecule has 1 saturated heterocycles. The molecule has 1 atom stereocenters. The quantitative estimate of drug-likeness (QED) is 0.425. The molecule has 0 spiro atoms. The van der Waals surface area contributed by atoms with Gasteiger partial charge in [-0.15, -0.1) is 5.10 Å². The van der Waals surface area contributed by atoms with Crippen molar-refractivity contribution >= 4 is 27.6 Å².